The lowest BCUT2D eigenvalue weighted by Crippen LogP contribution is -2.50. The number of rotatable bonds is 10. The van der Waals surface area contributed by atoms with Crippen LogP contribution in [0.2, 0.25) is 0 Å². The molecule has 1 saturated heterocycles. The van der Waals surface area contributed by atoms with Crippen molar-refractivity contribution in [2.75, 3.05) is 18.4 Å². The number of aryl methyl sites for hydroxylation is 2. The van der Waals surface area contributed by atoms with Crippen LogP contribution in [0.4, 0.5) is 5.69 Å². The van der Waals surface area contributed by atoms with Crippen LogP contribution in [-0.2, 0) is 27.2 Å². The second-order valence-corrected chi connectivity index (χ2v) is 9.34. The number of amides is 3. The van der Waals surface area contributed by atoms with Gasteiger partial charge in [0.2, 0.25) is 17.7 Å². The highest BCUT2D eigenvalue weighted by Crippen LogP contribution is 2.19. The molecule has 1 aliphatic rings. The first-order valence-corrected chi connectivity index (χ1v) is 12.7. The lowest BCUT2D eigenvalue weighted by molar-refractivity contribution is -0.127. The Labute approximate surface area is 216 Å². The summed E-state index contributed by atoms with van der Waals surface area (Å²) in [4.78, 5) is 42.5. The third-order valence-corrected chi connectivity index (χ3v) is 6.62. The molecule has 0 radical (unpaired) electrons. The minimum Gasteiger partial charge on any atom is -0.351 e. The number of nitrogens with two attached hydrogens (primary N) is 1. The molecule has 0 aliphatic carbocycles. The molecule has 0 saturated carbocycles. The number of hydrogen-bond acceptors (Lipinski definition) is 6. The zero-order chi connectivity index (χ0) is 26.2. The molecule has 9 nitrogen and oxygen atoms in total. The number of aromatic nitrogens is 1. The van der Waals surface area contributed by atoms with E-state index < -0.39 is 12.1 Å². The van der Waals surface area contributed by atoms with Crippen LogP contribution in [0.5, 0.6) is 0 Å². The van der Waals surface area contributed by atoms with Crippen LogP contribution < -0.4 is 27.0 Å². The van der Waals surface area contributed by atoms with E-state index in [-0.39, 0.29) is 30.3 Å². The van der Waals surface area contributed by atoms with Crippen molar-refractivity contribution in [1.29, 1.82) is 0 Å². The number of carbonyl (C=O) groups is 3. The maximum absolute atomic E-state index is 13.3. The van der Waals surface area contributed by atoms with Gasteiger partial charge < -0.3 is 27.0 Å². The summed E-state index contributed by atoms with van der Waals surface area (Å²) in [6.45, 7) is 2.46. The Balaban J connectivity index is 1.45. The van der Waals surface area contributed by atoms with Crippen molar-refractivity contribution in [3.63, 3.8) is 0 Å². The quantitative estimate of drug-likeness (QED) is 0.286. The molecule has 1 aliphatic heterocycles. The van der Waals surface area contributed by atoms with Gasteiger partial charge in [-0.1, -0.05) is 43.3 Å². The molecule has 1 fully saturated rings. The number of carbonyl (C=O) groups excluding carboxylic acids is 3. The summed E-state index contributed by atoms with van der Waals surface area (Å²) < 4.78 is 0. The van der Waals surface area contributed by atoms with E-state index >= 15 is 0 Å². The SMILES string of the molecule is CCc1ccc2ncc(NC(=O)[C@@H](CCc3ccccc3)NC(=O)C3CC(NC(=O)CN)CN3)cc2c1. The van der Waals surface area contributed by atoms with E-state index in [0.717, 1.165) is 22.9 Å². The average Bonchev–Trinajstić information content (AvgIpc) is 3.39. The van der Waals surface area contributed by atoms with Gasteiger partial charge in [0, 0.05) is 18.0 Å². The summed E-state index contributed by atoms with van der Waals surface area (Å²) in [7, 11) is 0. The fourth-order valence-corrected chi connectivity index (χ4v) is 4.53. The smallest absolute Gasteiger partial charge is 0.247 e. The van der Waals surface area contributed by atoms with Gasteiger partial charge in [-0.3, -0.25) is 19.4 Å². The molecule has 2 heterocycles. The highest BCUT2D eigenvalue weighted by Gasteiger charge is 2.32. The standard InChI is InChI=1S/C28H34N6O3/c1-2-18-8-10-23-20(12-18)13-21(16-30-23)33-27(36)24(11-9-19-6-4-3-5-7-19)34-28(37)25-14-22(17-31-25)32-26(35)15-29/h3-8,10,12-13,16,22,24-25,31H,2,9,11,14-15,17,29H2,1H3,(H,32,35)(H,33,36)(H,34,37)/t22?,24-,25?/m1/s1. The molecule has 1 aromatic heterocycles. The van der Waals surface area contributed by atoms with Crippen molar-refractivity contribution < 1.29 is 14.4 Å². The van der Waals surface area contributed by atoms with E-state index in [1.807, 2.05) is 48.5 Å². The Morgan fingerprint density at radius 3 is 2.68 bits per heavy atom. The third kappa shape index (κ3) is 7.12. The van der Waals surface area contributed by atoms with Gasteiger partial charge in [0.15, 0.2) is 0 Å². The Morgan fingerprint density at radius 1 is 1.11 bits per heavy atom. The fourth-order valence-electron chi connectivity index (χ4n) is 4.53. The molecular weight excluding hydrogens is 468 g/mol. The van der Waals surface area contributed by atoms with Gasteiger partial charge in [0.05, 0.1) is 30.0 Å². The molecule has 3 amide bonds. The molecule has 6 N–H and O–H groups in total. The number of nitrogens with one attached hydrogen (secondary N) is 4. The van der Waals surface area contributed by atoms with E-state index in [0.29, 0.717) is 31.5 Å². The minimum absolute atomic E-state index is 0.0987. The van der Waals surface area contributed by atoms with Gasteiger partial charge in [-0.25, -0.2) is 0 Å². The Bertz CT molecular complexity index is 1250. The fraction of sp³-hybridized carbons (Fsp3) is 0.357. The lowest BCUT2D eigenvalue weighted by Gasteiger charge is -2.21. The van der Waals surface area contributed by atoms with Gasteiger partial charge >= 0.3 is 0 Å². The van der Waals surface area contributed by atoms with Crippen LogP contribution in [-0.4, -0.2) is 53.9 Å². The number of benzene rings is 2. The molecule has 194 valence electrons. The van der Waals surface area contributed by atoms with E-state index in [9.17, 15) is 14.4 Å². The summed E-state index contributed by atoms with van der Waals surface area (Å²) >= 11 is 0. The molecule has 3 atom stereocenters. The van der Waals surface area contributed by atoms with Gasteiger partial charge in [-0.05, 0) is 55.0 Å². The number of fused-ring (bicyclic) bond motifs is 1. The number of pyridine rings is 1. The average molecular weight is 503 g/mol. The number of anilines is 1. The normalized spacial score (nSPS) is 17.8. The van der Waals surface area contributed by atoms with Crippen molar-refractivity contribution >= 4 is 34.3 Å². The zero-order valence-electron chi connectivity index (χ0n) is 21.0. The van der Waals surface area contributed by atoms with E-state index in [1.54, 1.807) is 6.20 Å². The van der Waals surface area contributed by atoms with Gasteiger partial charge in [0.1, 0.15) is 6.04 Å². The zero-order valence-corrected chi connectivity index (χ0v) is 21.0. The van der Waals surface area contributed by atoms with Crippen LogP contribution in [0.15, 0.2) is 60.8 Å². The minimum atomic E-state index is -0.745. The van der Waals surface area contributed by atoms with Crippen LogP contribution in [0.25, 0.3) is 10.9 Å². The largest absolute Gasteiger partial charge is 0.351 e. The molecule has 2 unspecified atom stereocenters. The Hall–Kier alpha value is -3.82. The third-order valence-electron chi connectivity index (χ3n) is 6.62. The topological polar surface area (TPSA) is 138 Å². The summed E-state index contributed by atoms with van der Waals surface area (Å²) in [5, 5.41) is 12.7. The first-order chi connectivity index (χ1) is 17.9. The summed E-state index contributed by atoms with van der Waals surface area (Å²) in [6, 6.07) is 16.4. The van der Waals surface area contributed by atoms with E-state index in [4.69, 9.17) is 5.73 Å². The second kappa shape index (κ2) is 12.4. The van der Waals surface area contributed by atoms with Gasteiger partial charge in [0.25, 0.3) is 0 Å². The van der Waals surface area contributed by atoms with Crippen molar-refractivity contribution in [2.24, 2.45) is 5.73 Å². The Morgan fingerprint density at radius 2 is 1.92 bits per heavy atom. The monoisotopic (exact) mass is 502 g/mol. The van der Waals surface area contributed by atoms with Crippen LogP contribution in [0.3, 0.4) is 0 Å². The molecular formula is C28H34N6O3. The molecule has 4 rings (SSSR count). The lowest BCUT2D eigenvalue weighted by atomic mass is 10.0. The highest BCUT2D eigenvalue weighted by atomic mass is 16.2. The summed E-state index contributed by atoms with van der Waals surface area (Å²) in [5.74, 6) is -0.840. The molecule has 37 heavy (non-hydrogen) atoms. The number of hydrogen-bond donors (Lipinski definition) is 5. The first kappa shape index (κ1) is 26.2. The van der Waals surface area contributed by atoms with Crippen LogP contribution in [0.1, 0.15) is 30.9 Å². The molecule has 0 bridgehead atoms. The van der Waals surface area contributed by atoms with Crippen LogP contribution >= 0.6 is 0 Å². The predicted molar refractivity (Wildman–Crippen MR) is 144 cm³/mol. The second-order valence-electron chi connectivity index (χ2n) is 9.34. The van der Waals surface area contributed by atoms with Crippen molar-refractivity contribution in [2.45, 2.75) is 50.7 Å². The maximum Gasteiger partial charge on any atom is 0.247 e. The van der Waals surface area contributed by atoms with Crippen molar-refractivity contribution in [1.82, 2.24) is 20.9 Å². The highest BCUT2D eigenvalue weighted by molar-refractivity contribution is 5.99. The first-order valence-electron chi connectivity index (χ1n) is 12.7. The number of nitrogens with zero attached hydrogens (tertiary/aromatic N) is 1. The van der Waals surface area contributed by atoms with Crippen LogP contribution in [0, 0.1) is 0 Å². The summed E-state index contributed by atoms with van der Waals surface area (Å²) in [5.41, 5.74) is 9.08. The van der Waals surface area contributed by atoms with Crippen molar-refractivity contribution in [3.05, 3.63) is 71.9 Å². The maximum atomic E-state index is 13.3. The molecule has 3 aromatic rings. The summed E-state index contributed by atoms with van der Waals surface area (Å²) in [6.07, 6.45) is 4.03. The molecule has 2 aromatic carbocycles. The van der Waals surface area contributed by atoms with Gasteiger partial charge in [-0.2, -0.15) is 0 Å². The predicted octanol–water partition coefficient (Wildman–Crippen LogP) is 1.66. The Kier molecular flexibility index (Phi) is 8.81. The van der Waals surface area contributed by atoms with E-state index in [1.165, 1.54) is 5.56 Å². The van der Waals surface area contributed by atoms with Crippen molar-refractivity contribution in [3.8, 4) is 0 Å². The van der Waals surface area contributed by atoms with E-state index in [2.05, 4.69) is 39.2 Å². The van der Waals surface area contributed by atoms with Gasteiger partial charge in [-0.15, -0.1) is 0 Å². The molecule has 0 spiro atoms. The molecule has 9 heteroatoms.